The number of likely N-dealkylation sites (tertiary alicyclic amines) is 1. The second kappa shape index (κ2) is 13.6. The Kier molecular flexibility index (Phi) is 11.1. The monoisotopic (exact) mass is 533 g/mol. The molecule has 10 heteroatoms. The molecule has 0 bridgehead atoms. The zero-order chi connectivity index (χ0) is 28.6. The molecule has 0 saturated carbocycles. The first-order valence-corrected chi connectivity index (χ1v) is 13.2. The quantitative estimate of drug-likeness (QED) is 0.394. The molecular weight excluding hydrogens is 490 g/mol. The number of carbonyl (C=O) groups excluding carboxylic acids is 4. The fourth-order valence-corrected chi connectivity index (χ4v) is 4.17. The summed E-state index contributed by atoms with van der Waals surface area (Å²) in [6.07, 6.45) is -1.25. The van der Waals surface area contributed by atoms with Crippen molar-refractivity contribution in [2.45, 2.75) is 97.7 Å². The van der Waals surface area contributed by atoms with Crippen LogP contribution >= 0.6 is 0 Å². The van der Waals surface area contributed by atoms with Crippen LogP contribution in [0.4, 0.5) is 4.79 Å². The summed E-state index contributed by atoms with van der Waals surface area (Å²) in [7, 11) is 0. The Bertz CT molecular complexity index is 959. The van der Waals surface area contributed by atoms with Crippen LogP contribution < -0.4 is 10.6 Å². The molecule has 1 fully saturated rings. The van der Waals surface area contributed by atoms with E-state index in [2.05, 4.69) is 10.6 Å². The zero-order valence-electron chi connectivity index (χ0n) is 23.5. The van der Waals surface area contributed by atoms with E-state index < -0.39 is 53.7 Å². The first-order chi connectivity index (χ1) is 17.7. The van der Waals surface area contributed by atoms with Crippen molar-refractivity contribution in [3.8, 4) is 0 Å². The van der Waals surface area contributed by atoms with Crippen LogP contribution in [-0.4, -0.2) is 70.3 Å². The maximum Gasteiger partial charge on any atom is 0.411 e. The van der Waals surface area contributed by atoms with Crippen molar-refractivity contribution in [1.29, 1.82) is 0 Å². The van der Waals surface area contributed by atoms with Gasteiger partial charge < -0.3 is 25.2 Å². The fourth-order valence-electron chi connectivity index (χ4n) is 4.17. The number of carbonyl (C=O) groups is 4. The topological polar surface area (TPSA) is 134 Å². The summed E-state index contributed by atoms with van der Waals surface area (Å²) in [4.78, 5) is 53.2. The van der Waals surface area contributed by atoms with Gasteiger partial charge in [0.1, 0.15) is 30.3 Å². The molecule has 1 aromatic rings. The minimum atomic E-state index is -1.19. The molecule has 4 atom stereocenters. The van der Waals surface area contributed by atoms with E-state index in [-0.39, 0.29) is 31.4 Å². The van der Waals surface area contributed by atoms with Gasteiger partial charge >= 0.3 is 12.1 Å². The van der Waals surface area contributed by atoms with Gasteiger partial charge in [0.2, 0.25) is 11.8 Å². The lowest BCUT2D eigenvalue weighted by atomic mass is 9.99. The molecule has 1 saturated heterocycles. The van der Waals surface area contributed by atoms with E-state index in [1.54, 1.807) is 34.6 Å². The van der Waals surface area contributed by atoms with Crippen molar-refractivity contribution >= 4 is 23.9 Å². The molecule has 0 spiro atoms. The van der Waals surface area contributed by atoms with Gasteiger partial charge in [-0.15, -0.1) is 0 Å². The molecule has 1 aromatic carbocycles. The normalized spacial score (nSPS) is 19.2. The molecular formula is C28H43N3O7. The van der Waals surface area contributed by atoms with Gasteiger partial charge in [-0.25, -0.2) is 9.59 Å². The molecule has 1 unspecified atom stereocenters. The SMILES string of the molecule is CC(C)C[C@H](NC(=O)[C@H](NC(=O)[C@@H]1C(O)CCN1C(=O)OC(C)(C)C)C(C)C)C(=O)OCc1ccccc1. The molecule has 1 aliphatic heterocycles. The highest BCUT2D eigenvalue weighted by molar-refractivity contribution is 5.93. The van der Waals surface area contributed by atoms with Crippen molar-refractivity contribution in [2.24, 2.45) is 11.8 Å². The molecule has 2 rings (SSSR count). The second-order valence-electron chi connectivity index (χ2n) is 11.5. The number of hydrogen-bond donors (Lipinski definition) is 3. The van der Waals surface area contributed by atoms with Crippen LogP contribution in [0.25, 0.3) is 0 Å². The summed E-state index contributed by atoms with van der Waals surface area (Å²) in [6, 6.07) is 6.13. The standard InChI is InChI=1S/C28H43N3O7/c1-17(2)15-20(26(35)37-16-19-11-9-8-10-12-19)29-24(33)22(18(3)4)30-25(34)23-21(32)13-14-31(23)27(36)38-28(5,6)7/h8-12,17-18,20-23,32H,13-16H2,1-7H3,(H,29,33)(H,30,34)/t20-,21?,22+,23-/m0/s1. The Morgan fingerprint density at radius 1 is 1.05 bits per heavy atom. The Hall–Kier alpha value is -3.14. The van der Waals surface area contributed by atoms with E-state index >= 15 is 0 Å². The highest BCUT2D eigenvalue weighted by atomic mass is 16.6. The van der Waals surface area contributed by atoms with E-state index in [0.29, 0.717) is 6.42 Å². The Morgan fingerprint density at radius 3 is 2.24 bits per heavy atom. The van der Waals surface area contributed by atoms with Crippen LogP contribution in [0.5, 0.6) is 0 Å². The number of aliphatic hydroxyl groups excluding tert-OH is 1. The number of esters is 1. The third kappa shape index (κ3) is 9.31. The lowest BCUT2D eigenvalue weighted by molar-refractivity contribution is -0.150. The molecule has 0 aliphatic carbocycles. The van der Waals surface area contributed by atoms with Crippen molar-refractivity contribution in [3.63, 3.8) is 0 Å². The second-order valence-corrected chi connectivity index (χ2v) is 11.5. The summed E-state index contributed by atoms with van der Waals surface area (Å²) >= 11 is 0. The van der Waals surface area contributed by atoms with Crippen LogP contribution in [0.2, 0.25) is 0 Å². The van der Waals surface area contributed by atoms with Gasteiger partial charge in [-0.1, -0.05) is 58.0 Å². The largest absolute Gasteiger partial charge is 0.459 e. The van der Waals surface area contributed by atoms with Gasteiger partial charge in [0.15, 0.2) is 0 Å². The lowest BCUT2D eigenvalue weighted by Gasteiger charge is -2.31. The molecule has 3 amide bonds. The minimum absolute atomic E-state index is 0.0779. The number of nitrogens with zero attached hydrogens (tertiary/aromatic N) is 1. The van der Waals surface area contributed by atoms with Crippen LogP contribution in [0.3, 0.4) is 0 Å². The summed E-state index contributed by atoms with van der Waals surface area (Å²) < 4.78 is 10.8. The van der Waals surface area contributed by atoms with Gasteiger partial charge in [-0.05, 0) is 51.0 Å². The van der Waals surface area contributed by atoms with Gasteiger partial charge in [-0.3, -0.25) is 14.5 Å². The maximum absolute atomic E-state index is 13.3. The smallest absolute Gasteiger partial charge is 0.411 e. The zero-order valence-corrected chi connectivity index (χ0v) is 23.5. The number of benzene rings is 1. The Morgan fingerprint density at radius 2 is 1.68 bits per heavy atom. The summed E-state index contributed by atoms with van der Waals surface area (Å²) in [5.41, 5.74) is 0.0551. The maximum atomic E-state index is 13.3. The molecule has 38 heavy (non-hydrogen) atoms. The third-order valence-corrected chi connectivity index (χ3v) is 6.04. The number of ether oxygens (including phenoxy) is 2. The molecule has 10 nitrogen and oxygen atoms in total. The van der Waals surface area contributed by atoms with Crippen LogP contribution in [0.1, 0.15) is 66.9 Å². The van der Waals surface area contributed by atoms with Crippen LogP contribution in [0, 0.1) is 11.8 Å². The number of hydrogen-bond acceptors (Lipinski definition) is 7. The minimum Gasteiger partial charge on any atom is -0.459 e. The molecule has 0 aromatic heterocycles. The molecule has 1 heterocycles. The first-order valence-electron chi connectivity index (χ1n) is 13.2. The summed E-state index contributed by atoms with van der Waals surface area (Å²) in [5, 5.41) is 15.9. The average molecular weight is 534 g/mol. The highest BCUT2D eigenvalue weighted by Gasteiger charge is 2.44. The third-order valence-electron chi connectivity index (χ3n) is 6.04. The van der Waals surface area contributed by atoms with Crippen LogP contribution in [-0.2, 0) is 30.5 Å². The van der Waals surface area contributed by atoms with Gasteiger partial charge in [0.25, 0.3) is 0 Å². The Balaban J connectivity index is 2.11. The van der Waals surface area contributed by atoms with Gasteiger partial charge in [0.05, 0.1) is 6.10 Å². The van der Waals surface area contributed by atoms with E-state index in [9.17, 15) is 24.3 Å². The first kappa shape index (κ1) is 31.1. The van der Waals surface area contributed by atoms with Crippen molar-refractivity contribution in [3.05, 3.63) is 35.9 Å². The van der Waals surface area contributed by atoms with E-state index in [0.717, 1.165) is 5.56 Å². The van der Waals surface area contributed by atoms with E-state index in [1.807, 2.05) is 44.2 Å². The molecule has 1 aliphatic rings. The van der Waals surface area contributed by atoms with E-state index in [1.165, 1.54) is 4.90 Å². The lowest BCUT2D eigenvalue weighted by Crippen LogP contribution is -2.59. The van der Waals surface area contributed by atoms with Crippen molar-refractivity contribution < 1.29 is 33.8 Å². The molecule has 212 valence electrons. The predicted molar refractivity (Wildman–Crippen MR) is 142 cm³/mol. The summed E-state index contributed by atoms with van der Waals surface area (Å²) in [6.45, 7) is 12.7. The molecule has 3 N–H and O–H groups in total. The predicted octanol–water partition coefficient (Wildman–Crippen LogP) is 2.77. The number of amides is 3. The highest BCUT2D eigenvalue weighted by Crippen LogP contribution is 2.22. The fraction of sp³-hybridized carbons (Fsp3) is 0.643. The number of nitrogens with one attached hydrogen (secondary N) is 2. The van der Waals surface area contributed by atoms with Gasteiger partial charge in [-0.2, -0.15) is 0 Å². The van der Waals surface area contributed by atoms with Gasteiger partial charge in [0, 0.05) is 6.54 Å². The number of aliphatic hydroxyl groups is 1. The Labute approximate surface area is 225 Å². The van der Waals surface area contributed by atoms with Crippen molar-refractivity contribution in [2.75, 3.05) is 6.54 Å². The van der Waals surface area contributed by atoms with E-state index in [4.69, 9.17) is 9.47 Å². The summed E-state index contributed by atoms with van der Waals surface area (Å²) in [5.74, 6) is -2.03. The average Bonchev–Trinajstić information content (AvgIpc) is 3.21. The van der Waals surface area contributed by atoms with Crippen molar-refractivity contribution in [1.82, 2.24) is 15.5 Å². The molecule has 0 radical (unpaired) electrons. The number of rotatable bonds is 10. The van der Waals surface area contributed by atoms with Crippen LogP contribution in [0.15, 0.2) is 30.3 Å².